The maximum absolute atomic E-state index is 12.1. The van der Waals surface area contributed by atoms with Crippen molar-refractivity contribution in [1.82, 2.24) is 39.9 Å². The first-order valence-corrected chi connectivity index (χ1v) is 19.7. The molecule has 0 aliphatic carbocycles. The molecule has 58 heavy (non-hydrogen) atoms. The molecule has 4 aromatic heterocycles. The van der Waals surface area contributed by atoms with Gasteiger partial charge in [-0.2, -0.15) is 0 Å². The van der Waals surface area contributed by atoms with Crippen LogP contribution in [0.25, 0.3) is 34.0 Å². The lowest BCUT2D eigenvalue weighted by Crippen LogP contribution is -2.20. The molecule has 1 N–H and O–H groups in total. The Kier molecular flexibility index (Phi) is 12.6. The van der Waals surface area contributed by atoms with Gasteiger partial charge in [0.25, 0.3) is 0 Å². The van der Waals surface area contributed by atoms with Crippen molar-refractivity contribution in [1.29, 1.82) is 0 Å². The molecule has 15 heteroatoms. The summed E-state index contributed by atoms with van der Waals surface area (Å²) in [7, 11) is 9.24. The lowest BCUT2D eigenvalue weighted by atomic mass is 10.2. The highest BCUT2D eigenvalue weighted by molar-refractivity contribution is 5.91. The number of aliphatic hydroxyl groups is 1. The van der Waals surface area contributed by atoms with E-state index in [-0.39, 0.29) is 12.3 Å². The van der Waals surface area contributed by atoms with Crippen molar-refractivity contribution in [3.8, 4) is 0 Å². The molecule has 2 aliphatic rings. The van der Waals surface area contributed by atoms with Crippen LogP contribution in [0.2, 0.25) is 0 Å². The lowest BCUT2D eigenvalue weighted by molar-refractivity contribution is 0.0593. The predicted octanol–water partition coefficient (Wildman–Crippen LogP) is 5.41. The monoisotopic (exact) mass is 782 g/mol. The minimum atomic E-state index is -0.482. The summed E-state index contributed by atoms with van der Waals surface area (Å²) in [6.45, 7) is 3.79. The van der Waals surface area contributed by atoms with Gasteiger partial charge in [-0.15, -0.1) is 0 Å². The molecular formula is C43H50N12O3. The van der Waals surface area contributed by atoms with Crippen LogP contribution in [0, 0.1) is 0 Å². The summed E-state index contributed by atoms with van der Waals surface area (Å²) < 4.78 is 4.86. The number of aryl methyl sites for hydroxylation is 2. The molecule has 15 nitrogen and oxygen atoms in total. The maximum atomic E-state index is 12.1. The first kappa shape index (κ1) is 39.9. The third kappa shape index (κ3) is 9.43. The molecule has 0 unspecified atom stereocenters. The summed E-state index contributed by atoms with van der Waals surface area (Å²) in [4.78, 5) is 57.5. The van der Waals surface area contributed by atoms with Gasteiger partial charge < -0.3 is 29.4 Å². The van der Waals surface area contributed by atoms with Crippen LogP contribution in [0.15, 0.2) is 60.7 Å². The Labute approximate surface area is 338 Å². The number of nitrogens with zero attached hydrogens (tertiary/aromatic N) is 12. The van der Waals surface area contributed by atoms with E-state index >= 15 is 0 Å². The zero-order valence-corrected chi connectivity index (χ0v) is 33.8. The molecule has 0 spiro atoms. The van der Waals surface area contributed by atoms with Gasteiger partial charge in [0.2, 0.25) is 0 Å². The Morgan fingerprint density at radius 2 is 1.17 bits per heavy atom. The summed E-state index contributed by atoms with van der Waals surface area (Å²) in [6, 6.07) is 19.5. The number of ether oxygens (including phenoxy) is 1. The number of fused-ring (bicyclic) bond motifs is 2. The smallest absolute Gasteiger partial charge is 0.356 e. The van der Waals surface area contributed by atoms with E-state index in [4.69, 9.17) is 19.7 Å². The first-order valence-electron chi connectivity index (χ1n) is 19.7. The first-order chi connectivity index (χ1) is 28.2. The number of methoxy groups -OCH3 is 1. The standard InChI is InChI=1S/C22H24N6O2.C21H26N6O/c1-27(2)21-15-8-4-5-9-16(15)23-19(26-21)11-10-18-24-17(22(29)30-3)14-20(25-18)28-12-6-7-13-28;1-26(2)21-16-7-3-4-8-17(16)23-19(25-21)10-9-18-22-15(14-28)13-20(24-18)27-11-5-6-12-27/h4-5,8-11,14H,6-7,12-13H2,1-3H3;3-4,7-8,13,28H,5-6,9-12,14H2,1-2H3/b11-10+;. The highest BCUT2D eigenvalue weighted by atomic mass is 16.5. The van der Waals surface area contributed by atoms with Gasteiger partial charge in [0, 0.05) is 90.1 Å². The van der Waals surface area contributed by atoms with Gasteiger partial charge in [-0.05, 0) is 62.1 Å². The van der Waals surface area contributed by atoms with E-state index in [1.807, 2.05) is 92.6 Å². The van der Waals surface area contributed by atoms with Crippen molar-refractivity contribution >= 4 is 63.2 Å². The van der Waals surface area contributed by atoms with Crippen LogP contribution in [-0.4, -0.2) is 112 Å². The molecule has 0 bridgehead atoms. The lowest BCUT2D eigenvalue weighted by Gasteiger charge is -2.18. The second kappa shape index (κ2) is 18.3. The number of carbonyl (C=O) groups is 1. The second-order valence-corrected chi connectivity index (χ2v) is 14.7. The van der Waals surface area contributed by atoms with Gasteiger partial charge in [0.15, 0.2) is 17.3 Å². The van der Waals surface area contributed by atoms with Crippen LogP contribution in [0.1, 0.15) is 65.2 Å². The Hall–Kier alpha value is -6.35. The van der Waals surface area contributed by atoms with Gasteiger partial charge in [-0.3, -0.25) is 0 Å². The van der Waals surface area contributed by atoms with Gasteiger partial charge >= 0.3 is 5.97 Å². The molecule has 0 atom stereocenters. The van der Waals surface area contributed by atoms with Crippen molar-refractivity contribution in [3.63, 3.8) is 0 Å². The highest BCUT2D eigenvalue weighted by Crippen LogP contribution is 2.25. The third-order valence-corrected chi connectivity index (χ3v) is 9.99. The molecule has 0 saturated carbocycles. The van der Waals surface area contributed by atoms with E-state index in [9.17, 15) is 9.90 Å². The summed E-state index contributed by atoms with van der Waals surface area (Å²) in [6.07, 6.45) is 9.39. The van der Waals surface area contributed by atoms with E-state index in [0.29, 0.717) is 30.2 Å². The number of rotatable bonds is 11. The van der Waals surface area contributed by atoms with Crippen LogP contribution >= 0.6 is 0 Å². The summed E-state index contributed by atoms with van der Waals surface area (Å²) >= 11 is 0. The fourth-order valence-electron chi connectivity index (χ4n) is 7.11. The quantitative estimate of drug-likeness (QED) is 0.166. The molecule has 2 aromatic carbocycles. The molecule has 6 aromatic rings. The highest BCUT2D eigenvalue weighted by Gasteiger charge is 2.19. The van der Waals surface area contributed by atoms with Crippen LogP contribution in [-0.2, 0) is 24.2 Å². The Morgan fingerprint density at radius 3 is 1.74 bits per heavy atom. The fraction of sp³-hybridized carbons (Fsp3) is 0.372. The fourth-order valence-corrected chi connectivity index (χ4v) is 7.11. The zero-order chi connectivity index (χ0) is 40.6. The van der Waals surface area contributed by atoms with Crippen molar-refractivity contribution in [3.05, 3.63) is 95.3 Å². The van der Waals surface area contributed by atoms with E-state index in [1.165, 1.54) is 20.0 Å². The molecule has 2 aliphatic heterocycles. The van der Waals surface area contributed by atoms with E-state index in [1.54, 1.807) is 18.2 Å². The molecular weight excluding hydrogens is 733 g/mol. The molecule has 0 radical (unpaired) electrons. The largest absolute Gasteiger partial charge is 0.464 e. The van der Waals surface area contributed by atoms with E-state index < -0.39 is 5.97 Å². The van der Waals surface area contributed by atoms with Crippen LogP contribution in [0.4, 0.5) is 23.3 Å². The van der Waals surface area contributed by atoms with Crippen LogP contribution in [0.3, 0.4) is 0 Å². The normalized spacial score (nSPS) is 14.0. The number of anilines is 4. The van der Waals surface area contributed by atoms with E-state index in [2.05, 4.69) is 34.7 Å². The molecule has 6 heterocycles. The van der Waals surface area contributed by atoms with Gasteiger partial charge in [-0.1, -0.05) is 24.3 Å². The topological polar surface area (TPSA) is 163 Å². The molecule has 2 fully saturated rings. The molecule has 2 saturated heterocycles. The number of esters is 1. The van der Waals surface area contributed by atoms with Gasteiger partial charge in [-0.25, -0.2) is 44.7 Å². The summed E-state index contributed by atoms with van der Waals surface area (Å²) in [5.74, 6) is 5.40. The Morgan fingerprint density at radius 1 is 0.655 bits per heavy atom. The average molecular weight is 783 g/mol. The molecule has 0 amide bonds. The minimum absolute atomic E-state index is 0.0758. The Bertz CT molecular complexity index is 2410. The second-order valence-electron chi connectivity index (χ2n) is 14.7. The number of benzene rings is 2. The Balaban J connectivity index is 0.000000177. The number of hydrogen-bond donors (Lipinski definition) is 1. The number of carbonyl (C=O) groups excluding carboxylic acids is 1. The van der Waals surface area contributed by atoms with Crippen molar-refractivity contribution in [2.45, 2.75) is 45.1 Å². The maximum Gasteiger partial charge on any atom is 0.356 e. The van der Waals surface area contributed by atoms with Crippen molar-refractivity contribution in [2.24, 2.45) is 0 Å². The number of hydrogen-bond acceptors (Lipinski definition) is 15. The predicted molar refractivity (Wildman–Crippen MR) is 228 cm³/mol. The zero-order valence-electron chi connectivity index (χ0n) is 33.8. The summed E-state index contributed by atoms with van der Waals surface area (Å²) in [5.41, 5.74) is 2.71. The number of aliphatic hydroxyl groups excluding tert-OH is 1. The number of para-hydroxylation sites is 2. The minimum Gasteiger partial charge on any atom is -0.464 e. The van der Waals surface area contributed by atoms with Crippen LogP contribution < -0.4 is 19.6 Å². The van der Waals surface area contributed by atoms with Gasteiger partial charge in [0.1, 0.15) is 34.9 Å². The third-order valence-electron chi connectivity index (χ3n) is 9.99. The van der Waals surface area contributed by atoms with Crippen LogP contribution in [0.5, 0.6) is 0 Å². The average Bonchev–Trinajstić information content (AvgIpc) is 4.00. The van der Waals surface area contributed by atoms with Crippen molar-refractivity contribution in [2.75, 3.05) is 81.1 Å². The SMILES string of the molecule is CN(C)c1nc(CCc2nc(CO)cc(N3CCCC3)n2)nc2ccccc12.COC(=O)c1cc(N2CCCC2)nc(/C=C/c2nc(N(C)C)c3ccccc3n2)n1. The summed E-state index contributed by atoms with van der Waals surface area (Å²) in [5, 5.41) is 11.6. The van der Waals surface area contributed by atoms with Crippen molar-refractivity contribution < 1.29 is 14.6 Å². The number of aromatic nitrogens is 8. The molecule has 300 valence electrons. The molecule has 8 rings (SSSR count). The van der Waals surface area contributed by atoms with E-state index in [0.717, 1.165) is 95.7 Å². The van der Waals surface area contributed by atoms with Gasteiger partial charge in [0.05, 0.1) is 30.4 Å².